The summed E-state index contributed by atoms with van der Waals surface area (Å²) in [4.78, 5) is 29.6. The fourth-order valence-electron chi connectivity index (χ4n) is 4.83. The van der Waals surface area contributed by atoms with Gasteiger partial charge < -0.3 is 4.90 Å². The minimum atomic E-state index is -3.63. The molecule has 0 bridgehead atoms. The van der Waals surface area contributed by atoms with Crippen LogP contribution in [0.3, 0.4) is 0 Å². The molecule has 3 atom stereocenters. The van der Waals surface area contributed by atoms with Crippen LogP contribution in [-0.4, -0.2) is 78.9 Å². The molecule has 28 heavy (non-hydrogen) atoms. The summed E-state index contributed by atoms with van der Waals surface area (Å²) >= 11 is 0. The highest BCUT2D eigenvalue weighted by Gasteiger charge is 2.58. The third-order valence-corrected chi connectivity index (χ3v) is 7.19. The standard InChI is InChI=1S/C19H31N3O4S.ClH/c1-14(2)17-18-15(22(19(17)24)27(3,25)26)9-13-21(18)16(23)8-7-12-20-10-5-4-6-11-20;/h7-8,14-15,17-18H,4-6,9-13H2,1-3H3;1H. The van der Waals surface area contributed by atoms with Crippen molar-refractivity contribution in [2.75, 3.05) is 32.4 Å². The van der Waals surface area contributed by atoms with Crippen LogP contribution in [0.1, 0.15) is 39.5 Å². The van der Waals surface area contributed by atoms with E-state index in [0.29, 0.717) is 13.0 Å². The van der Waals surface area contributed by atoms with Crippen molar-refractivity contribution in [1.82, 2.24) is 14.1 Å². The number of carbonyl (C=O) groups excluding carboxylic acids is 2. The second-order valence-corrected chi connectivity index (χ2v) is 10.2. The second-order valence-electron chi connectivity index (χ2n) is 8.31. The van der Waals surface area contributed by atoms with E-state index in [0.717, 1.165) is 30.2 Å². The summed E-state index contributed by atoms with van der Waals surface area (Å²) in [6.07, 6.45) is 8.77. The van der Waals surface area contributed by atoms with E-state index in [1.807, 2.05) is 19.9 Å². The average molecular weight is 434 g/mol. The molecular formula is C19H32ClN3O4S. The van der Waals surface area contributed by atoms with Gasteiger partial charge in [0.2, 0.25) is 21.8 Å². The highest BCUT2D eigenvalue weighted by atomic mass is 35.5. The van der Waals surface area contributed by atoms with E-state index in [1.165, 1.54) is 19.3 Å². The maximum absolute atomic E-state index is 12.8. The van der Waals surface area contributed by atoms with Gasteiger partial charge in [0.15, 0.2) is 0 Å². The van der Waals surface area contributed by atoms with Crippen molar-refractivity contribution in [3.05, 3.63) is 12.2 Å². The molecule has 3 fully saturated rings. The zero-order valence-electron chi connectivity index (χ0n) is 16.9. The number of hydrogen-bond donors (Lipinski definition) is 0. The molecule has 3 rings (SSSR count). The summed E-state index contributed by atoms with van der Waals surface area (Å²) in [5.74, 6) is -0.972. The normalized spacial score (nSPS) is 28.9. The van der Waals surface area contributed by atoms with Crippen molar-refractivity contribution < 1.29 is 18.0 Å². The molecule has 2 amide bonds. The minimum absolute atomic E-state index is 0. The predicted molar refractivity (Wildman–Crippen MR) is 111 cm³/mol. The molecule has 3 aliphatic rings. The van der Waals surface area contributed by atoms with Crippen molar-refractivity contribution in [2.45, 2.75) is 51.6 Å². The van der Waals surface area contributed by atoms with Gasteiger partial charge in [-0.25, -0.2) is 12.7 Å². The fraction of sp³-hybridized carbons (Fsp3) is 0.789. The first kappa shape index (κ1) is 23.2. The molecule has 7 nitrogen and oxygen atoms in total. The van der Waals surface area contributed by atoms with Crippen molar-refractivity contribution >= 4 is 34.2 Å². The summed E-state index contributed by atoms with van der Waals surface area (Å²) in [7, 11) is -3.63. The molecule has 0 aromatic rings. The summed E-state index contributed by atoms with van der Waals surface area (Å²) in [5, 5.41) is 0. The lowest BCUT2D eigenvalue weighted by molar-refractivity contribution is -0.131. The topological polar surface area (TPSA) is 78.0 Å². The molecule has 3 heterocycles. The third-order valence-electron chi connectivity index (χ3n) is 6.02. The van der Waals surface area contributed by atoms with Crippen LogP contribution in [0, 0.1) is 11.8 Å². The summed E-state index contributed by atoms with van der Waals surface area (Å²) in [5.41, 5.74) is 0. The second kappa shape index (κ2) is 9.13. The summed E-state index contributed by atoms with van der Waals surface area (Å²) in [6.45, 7) is 7.22. The Morgan fingerprint density at radius 2 is 1.82 bits per heavy atom. The van der Waals surface area contributed by atoms with Crippen LogP contribution in [-0.2, 0) is 19.6 Å². The van der Waals surface area contributed by atoms with E-state index < -0.39 is 22.0 Å². The highest BCUT2D eigenvalue weighted by molar-refractivity contribution is 7.88. The van der Waals surface area contributed by atoms with Gasteiger partial charge in [0.1, 0.15) is 0 Å². The Bertz CT molecular complexity index is 719. The molecule has 0 radical (unpaired) electrons. The number of halogens is 1. The number of hydrogen-bond acceptors (Lipinski definition) is 5. The maximum atomic E-state index is 12.8. The Kier molecular flexibility index (Phi) is 7.56. The zero-order chi connectivity index (χ0) is 19.8. The SMILES string of the molecule is CC(C)C1C(=O)N(S(C)(=O)=O)C2CCN(C(=O)C=CCN3CCCCC3)C12.Cl. The van der Waals surface area contributed by atoms with Crippen LogP contribution < -0.4 is 0 Å². The monoisotopic (exact) mass is 433 g/mol. The maximum Gasteiger partial charge on any atom is 0.246 e. The molecule has 3 saturated heterocycles. The number of likely N-dealkylation sites (tertiary alicyclic amines) is 2. The van der Waals surface area contributed by atoms with Crippen molar-refractivity contribution in [3.8, 4) is 0 Å². The molecule has 0 aromatic heterocycles. The lowest BCUT2D eigenvalue weighted by Crippen LogP contribution is -2.43. The van der Waals surface area contributed by atoms with E-state index in [4.69, 9.17) is 0 Å². The Balaban J connectivity index is 0.00000280. The van der Waals surface area contributed by atoms with E-state index in [-0.39, 0.29) is 36.2 Å². The number of amides is 2. The van der Waals surface area contributed by atoms with Crippen LogP contribution in [0.15, 0.2) is 12.2 Å². The van der Waals surface area contributed by atoms with E-state index in [9.17, 15) is 18.0 Å². The number of sulfonamides is 1. The van der Waals surface area contributed by atoms with Crippen LogP contribution in [0.4, 0.5) is 0 Å². The smallest absolute Gasteiger partial charge is 0.246 e. The lowest BCUT2D eigenvalue weighted by atomic mass is 9.88. The van der Waals surface area contributed by atoms with Gasteiger partial charge in [-0.1, -0.05) is 26.3 Å². The Labute approximate surface area is 174 Å². The van der Waals surface area contributed by atoms with E-state index >= 15 is 0 Å². The van der Waals surface area contributed by atoms with Crippen molar-refractivity contribution in [2.24, 2.45) is 11.8 Å². The molecule has 160 valence electrons. The molecule has 9 heteroatoms. The van der Waals surface area contributed by atoms with Crippen molar-refractivity contribution in [1.29, 1.82) is 0 Å². The minimum Gasteiger partial charge on any atom is -0.333 e. The first-order valence-corrected chi connectivity index (χ1v) is 11.8. The summed E-state index contributed by atoms with van der Waals surface area (Å²) < 4.78 is 25.4. The van der Waals surface area contributed by atoms with Gasteiger partial charge in [0, 0.05) is 19.2 Å². The zero-order valence-corrected chi connectivity index (χ0v) is 18.5. The Morgan fingerprint density at radius 1 is 1.18 bits per heavy atom. The van der Waals surface area contributed by atoms with Gasteiger partial charge in [-0.3, -0.25) is 14.5 Å². The van der Waals surface area contributed by atoms with E-state index in [2.05, 4.69) is 4.90 Å². The molecule has 0 saturated carbocycles. The van der Waals surface area contributed by atoms with Gasteiger partial charge >= 0.3 is 0 Å². The molecule has 0 aromatic carbocycles. The van der Waals surface area contributed by atoms with Gasteiger partial charge in [-0.15, -0.1) is 12.4 Å². The van der Waals surface area contributed by atoms with Gasteiger partial charge in [0.25, 0.3) is 0 Å². The van der Waals surface area contributed by atoms with Crippen LogP contribution in [0.5, 0.6) is 0 Å². The molecule has 3 aliphatic heterocycles. The van der Waals surface area contributed by atoms with Gasteiger partial charge in [-0.05, 0) is 38.3 Å². The quantitative estimate of drug-likeness (QED) is 0.614. The highest BCUT2D eigenvalue weighted by Crippen LogP contribution is 2.41. The molecule has 3 unspecified atom stereocenters. The lowest BCUT2D eigenvalue weighted by Gasteiger charge is -2.28. The molecule has 0 aliphatic carbocycles. The number of piperidine rings is 1. The van der Waals surface area contributed by atoms with Crippen molar-refractivity contribution in [3.63, 3.8) is 0 Å². The largest absolute Gasteiger partial charge is 0.333 e. The van der Waals surface area contributed by atoms with Crippen LogP contribution in [0.2, 0.25) is 0 Å². The molecular weight excluding hydrogens is 402 g/mol. The first-order valence-electron chi connectivity index (χ1n) is 9.94. The number of carbonyl (C=O) groups is 2. The van der Waals surface area contributed by atoms with Gasteiger partial charge in [-0.2, -0.15) is 0 Å². The summed E-state index contributed by atoms with van der Waals surface area (Å²) in [6, 6.07) is -0.793. The third kappa shape index (κ3) is 4.54. The number of nitrogens with zero attached hydrogens (tertiary/aromatic N) is 3. The van der Waals surface area contributed by atoms with Crippen LogP contribution in [0.25, 0.3) is 0 Å². The number of rotatable bonds is 5. The van der Waals surface area contributed by atoms with Gasteiger partial charge in [0.05, 0.1) is 24.3 Å². The Morgan fingerprint density at radius 3 is 2.39 bits per heavy atom. The molecule has 0 spiro atoms. The fourth-order valence-corrected chi connectivity index (χ4v) is 6.00. The molecule has 0 N–H and O–H groups in total. The predicted octanol–water partition coefficient (Wildman–Crippen LogP) is 1.49. The average Bonchev–Trinajstić information content (AvgIpc) is 3.11. The number of fused-ring (bicyclic) bond motifs is 1. The van der Waals surface area contributed by atoms with Crippen LogP contribution >= 0.6 is 12.4 Å². The van der Waals surface area contributed by atoms with E-state index in [1.54, 1.807) is 11.0 Å². The first-order chi connectivity index (χ1) is 12.7. The Hall–Kier alpha value is -1.12.